The fourth-order valence-electron chi connectivity index (χ4n) is 1.75. The van der Waals surface area contributed by atoms with Crippen molar-refractivity contribution in [1.29, 1.82) is 0 Å². The van der Waals surface area contributed by atoms with Crippen molar-refractivity contribution in [2.24, 2.45) is 10.9 Å². The number of morpholine rings is 1. The first-order valence-corrected chi connectivity index (χ1v) is 5.78. The zero-order valence-electron chi connectivity index (χ0n) is 9.85. The maximum atomic E-state index is 8.58. The summed E-state index contributed by atoms with van der Waals surface area (Å²) < 4.78 is 5.27. The molecule has 6 nitrogen and oxygen atoms in total. The number of amidine groups is 1. The minimum atomic E-state index is -0.0361. The van der Waals surface area contributed by atoms with Crippen molar-refractivity contribution >= 4 is 5.84 Å². The Morgan fingerprint density at radius 2 is 2.25 bits per heavy atom. The molecule has 1 saturated heterocycles. The predicted molar refractivity (Wildman–Crippen MR) is 62.7 cm³/mol. The van der Waals surface area contributed by atoms with Gasteiger partial charge in [-0.15, -0.1) is 0 Å². The summed E-state index contributed by atoms with van der Waals surface area (Å²) in [4.78, 5) is 2.34. The molecule has 0 bridgehead atoms. The summed E-state index contributed by atoms with van der Waals surface area (Å²) in [7, 11) is 0. The molecule has 0 saturated carbocycles. The predicted octanol–water partition coefficient (Wildman–Crippen LogP) is -0.567. The number of hydrogen-bond acceptors (Lipinski definition) is 5. The Bertz CT molecular complexity index is 217. The van der Waals surface area contributed by atoms with Gasteiger partial charge >= 0.3 is 0 Å². The van der Waals surface area contributed by atoms with Gasteiger partial charge in [-0.1, -0.05) is 12.1 Å². The van der Waals surface area contributed by atoms with E-state index in [-0.39, 0.29) is 11.9 Å². The second-order valence-electron chi connectivity index (χ2n) is 3.89. The largest absolute Gasteiger partial charge is 0.409 e. The topological polar surface area (TPSA) is 83.1 Å². The molecule has 0 aromatic carbocycles. The Labute approximate surface area is 96.4 Å². The third-order valence-corrected chi connectivity index (χ3v) is 2.80. The second-order valence-corrected chi connectivity index (χ2v) is 3.89. The van der Waals surface area contributed by atoms with Crippen molar-refractivity contribution in [3.05, 3.63) is 0 Å². The number of nitrogens with two attached hydrogens (primary N) is 1. The quantitative estimate of drug-likeness (QED) is 0.246. The van der Waals surface area contributed by atoms with Gasteiger partial charge in [-0.3, -0.25) is 4.90 Å². The minimum Gasteiger partial charge on any atom is -0.409 e. The lowest BCUT2D eigenvalue weighted by Crippen LogP contribution is -2.46. The van der Waals surface area contributed by atoms with Gasteiger partial charge in [0.15, 0.2) is 5.84 Å². The highest BCUT2D eigenvalue weighted by atomic mass is 16.5. The molecule has 1 fully saturated rings. The number of oxime groups is 1. The Morgan fingerprint density at radius 3 is 2.81 bits per heavy atom. The van der Waals surface area contributed by atoms with E-state index in [0.29, 0.717) is 0 Å². The molecule has 1 rings (SSSR count). The molecular weight excluding hydrogens is 208 g/mol. The maximum Gasteiger partial charge on any atom is 0.156 e. The van der Waals surface area contributed by atoms with Gasteiger partial charge in [0.2, 0.25) is 0 Å². The van der Waals surface area contributed by atoms with Crippen molar-refractivity contribution in [2.75, 3.05) is 39.4 Å². The van der Waals surface area contributed by atoms with Gasteiger partial charge in [-0.05, 0) is 6.42 Å². The van der Waals surface area contributed by atoms with Gasteiger partial charge in [0, 0.05) is 26.2 Å². The maximum absolute atomic E-state index is 8.58. The van der Waals surface area contributed by atoms with Crippen molar-refractivity contribution in [1.82, 2.24) is 10.2 Å². The molecule has 1 atom stereocenters. The number of ether oxygens (including phenoxy) is 1. The van der Waals surface area contributed by atoms with E-state index in [1.165, 1.54) is 0 Å². The summed E-state index contributed by atoms with van der Waals surface area (Å²) in [6, 6.07) is -0.0361. The highest BCUT2D eigenvalue weighted by Gasteiger charge is 2.13. The first kappa shape index (κ1) is 13.2. The average Bonchev–Trinajstić information content (AvgIpc) is 2.35. The van der Waals surface area contributed by atoms with Crippen LogP contribution >= 0.6 is 0 Å². The lowest BCUT2D eigenvalue weighted by molar-refractivity contribution is 0.0383. The summed E-state index contributed by atoms with van der Waals surface area (Å²) in [5.41, 5.74) is 5.55. The monoisotopic (exact) mass is 230 g/mol. The van der Waals surface area contributed by atoms with Crippen LogP contribution in [0.2, 0.25) is 0 Å². The Morgan fingerprint density at radius 1 is 1.56 bits per heavy atom. The van der Waals surface area contributed by atoms with E-state index in [0.717, 1.165) is 45.8 Å². The van der Waals surface area contributed by atoms with Gasteiger partial charge in [-0.2, -0.15) is 0 Å². The van der Waals surface area contributed by atoms with E-state index in [9.17, 15) is 0 Å². The number of hydrogen-bond donors (Lipinski definition) is 3. The third-order valence-electron chi connectivity index (χ3n) is 2.80. The summed E-state index contributed by atoms with van der Waals surface area (Å²) >= 11 is 0. The molecule has 0 spiro atoms. The summed E-state index contributed by atoms with van der Waals surface area (Å²) in [5.74, 6) is 0.254. The zero-order chi connectivity index (χ0) is 11.8. The Hall–Kier alpha value is -0.850. The molecule has 0 aromatic heterocycles. The van der Waals surface area contributed by atoms with Crippen LogP contribution in [0.3, 0.4) is 0 Å². The summed E-state index contributed by atoms with van der Waals surface area (Å²) in [6.45, 7) is 7.43. The Balaban J connectivity index is 2.17. The van der Waals surface area contributed by atoms with Crippen LogP contribution in [0.1, 0.15) is 13.3 Å². The van der Waals surface area contributed by atoms with Gasteiger partial charge < -0.3 is 21.0 Å². The van der Waals surface area contributed by atoms with Crippen molar-refractivity contribution < 1.29 is 9.94 Å². The van der Waals surface area contributed by atoms with Crippen LogP contribution in [0.4, 0.5) is 0 Å². The summed E-state index contributed by atoms with van der Waals surface area (Å²) in [6.07, 6.45) is 0.818. The molecule has 0 radical (unpaired) electrons. The van der Waals surface area contributed by atoms with Crippen LogP contribution in [0.5, 0.6) is 0 Å². The Kier molecular flexibility index (Phi) is 6.14. The standard InChI is InChI=1S/C10H22N4O2/c1-2-9(10(11)13-15)12-3-4-14-5-7-16-8-6-14/h9,12,15H,2-8H2,1H3,(H2,11,13). The fourth-order valence-corrected chi connectivity index (χ4v) is 1.75. The smallest absolute Gasteiger partial charge is 0.156 e. The molecule has 1 heterocycles. The van der Waals surface area contributed by atoms with Crippen LogP contribution in [0.25, 0.3) is 0 Å². The molecule has 1 unspecified atom stereocenters. The molecule has 4 N–H and O–H groups in total. The molecule has 0 amide bonds. The van der Waals surface area contributed by atoms with E-state index >= 15 is 0 Å². The van der Waals surface area contributed by atoms with E-state index < -0.39 is 0 Å². The highest BCUT2D eigenvalue weighted by molar-refractivity contribution is 5.85. The van der Waals surface area contributed by atoms with E-state index in [1.807, 2.05) is 6.92 Å². The third kappa shape index (κ3) is 4.34. The molecular formula is C10H22N4O2. The molecule has 94 valence electrons. The molecule has 1 aliphatic heterocycles. The zero-order valence-corrected chi connectivity index (χ0v) is 9.85. The number of nitrogens with one attached hydrogen (secondary N) is 1. The molecule has 1 aliphatic rings. The van der Waals surface area contributed by atoms with Gasteiger partial charge in [0.05, 0.1) is 19.3 Å². The SMILES string of the molecule is CCC(NCCN1CCOCC1)C(N)=NO. The van der Waals surface area contributed by atoms with Crippen LogP contribution in [0.15, 0.2) is 5.16 Å². The first-order chi connectivity index (χ1) is 7.77. The lowest BCUT2D eigenvalue weighted by atomic mass is 10.2. The second kappa shape index (κ2) is 7.43. The van der Waals surface area contributed by atoms with Crippen molar-refractivity contribution in [3.63, 3.8) is 0 Å². The molecule has 6 heteroatoms. The van der Waals surface area contributed by atoms with E-state index in [4.69, 9.17) is 15.7 Å². The first-order valence-electron chi connectivity index (χ1n) is 5.78. The van der Waals surface area contributed by atoms with Crippen LogP contribution < -0.4 is 11.1 Å². The number of nitrogens with zero attached hydrogens (tertiary/aromatic N) is 2. The average molecular weight is 230 g/mol. The van der Waals surface area contributed by atoms with Crippen molar-refractivity contribution in [2.45, 2.75) is 19.4 Å². The van der Waals surface area contributed by atoms with E-state index in [1.54, 1.807) is 0 Å². The van der Waals surface area contributed by atoms with Crippen LogP contribution in [0, 0.1) is 0 Å². The minimum absolute atomic E-state index is 0.0361. The van der Waals surface area contributed by atoms with E-state index in [2.05, 4.69) is 15.4 Å². The van der Waals surface area contributed by atoms with Crippen LogP contribution in [-0.2, 0) is 4.74 Å². The highest BCUT2D eigenvalue weighted by Crippen LogP contribution is 1.96. The molecule has 0 aromatic rings. The molecule has 0 aliphatic carbocycles. The van der Waals surface area contributed by atoms with Crippen molar-refractivity contribution in [3.8, 4) is 0 Å². The van der Waals surface area contributed by atoms with Gasteiger partial charge in [0.25, 0.3) is 0 Å². The lowest BCUT2D eigenvalue weighted by Gasteiger charge is -2.27. The normalized spacial score (nSPS) is 20.9. The number of rotatable bonds is 6. The van der Waals surface area contributed by atoms with Gasteiger partial charge in [0.1, 0.15) is 0 Å². The van der Waals surface area contributed by atoms with Crippen LogP contribution in [-0.4, -0.2) is 61.4 Å². The summed E-state index contributed by atoms with van der Waals surface area (Å²) in [5, 5.41) is 14.9. The fraction of sp³-hybridized carbons (Fsp3) is 0.900. The van der Waals surface area contributed by atoms with Gasteiger partial charge in [-0.25, -0.2) is 0 Å². The molecule has 16 heavy (non-hydrogen) atoms.